The second kappa shape index (κ2) is 4.63. The summed E-state index contributed by atoms with van der Waals surface area (Å²) in [5.74, 6) is 1.11. The van der Waals surface area contributed by atoms with Gasteiger partial charge in [-0.3, -0.25) is 0 Å². The van der Waals surface area contributed by atoms with Gasteiger partial charge in [0.2, 0.25) is 0 Å². The molecule has 0 atom stereocenters. The van der Waals surface area contributed by atoms with Crippen LogP contribution in [0.4, 0.5) is 0 Å². The van der Waals surface area contributed by atoms with Crippen LogP contribution < -0.4 is 10.4 Å². The number of methoxy groups -OCH3 is 1. The lowest BCUT2D eigenvalue weighted by molar-refractivity contribution is 0.395. The van der Waals surface area contributed by atoms with E-state index >= 15 is 0 Å². The second-order valence-electron chi connectivity index (χ2n) is 2.88. The molecule has 76 valence electrons. The number of ether oxygens (including phenoxy) is 1. The molecule has 0 fully saturated rings. The Hall–Kier alpha value is -0.780. The third-order valence-electron chi connectivity index (χ3n) is 1.91. The van der Waals surface area contributed by atoms with Crippen molar-refractivity contribution in [3.05, 3.63) is 31.9 Å². The average Bonchev–Trinajstić information content (AvgIpc) is 2.20. The van der Waals surface area contributed by atoms with Crippen LogP contribution in [0.25, 0.3) is 5.57 Å². The Balaban J connectivity index is 3.38. The predicted octanol–water partition coefficient (Wildman–Crippen LogP) is 2.75. The molecule has 0 spiro atoms. The molecule has 0 aliphatic rings. The van der Waals surface area contributed by atoms with Crippen LogP contribution in [0, 0.1) is 6.92 Å². The highest BCUT2D eigenvalue weighted by atomic mass is 127. The maximum atomic E-state index is 11.4. The van der Waals surface area contributed by atoms with Gasteiger partial charge in [0.05, 0.1) is 12.7 Å². The van der Waals surface area contributed by atoms with Gasteiger partial charge in [-0.2, -0.15) is 0 Å². The minimum absolute atomic E-state index is 0.350. The maximum absolute atomic E-state index is 11.4. The summed E-state index contributed by atoms with van der Waals surface area (Å²) >= 11 is 2.10. The Morgan fingerprint density at radius 3 is 2.79 bits per heavy atom. The van der Waals surface area contributed by atoms with E-state index in [9.17, 15) is 4.79 Å². The minimum atomic E-state index is -0.350. The summed E-state index contributed by atoms with van der Waals surface area (Å²) in [6, 6.07) is 1.72. The normalized spacial score (nSPS) is 11.6. The summed E-state index contributed by atoms with van der Waals surface area (Å²) in [7, 11) is 1.54. The van der Waals surface area contributed by atoms with E-state index in [2.05, 4.69) is 22.6 Å². The van der Waals surface area contributed by atoms with Crippen LogP contribution in [-0.2, 0) is 0 Å². The molecule has 0 aromatic carbocycles. The van der Waals surface area contributed by atoms with Crippen LogP contribution in [0.3, 0.4) is 0 Å². The highest BCUT2D eigenvalue weighted by molar-refractivity contribution is 14.1. The van der Waals surface area contributed by atoms with Gasteiger partial charge < -0.3 is 9.15 Å². The zero-order valence-corrected chi connectivity index (χ0v) is 10.4. The number of hydrogen-bond acceptors (Lipinski definition) is 3. The van der Waals surface area contributed by atoms with Crippen LogP contribution in [0.1, 0.15) is 18.2 Å². The first-order valence-electron chi connectivity index (χ1n) is 4.06. The van der Waals surface area contributed by atoms with Crippen molar-refractivity contribution in [3.63, 3.8) is 0 Å². The van der Waals surface area contributed by atoms with E-state index in [0.29, 0.717) is 17.1 Å². The third kappa shape index (κ3) is 2.17. The smallest absolute Gasteiger partial charge is 0.342 e. The SMILES string of the molecule is COc1cc(/C(C)=C/I)oc(=O)c1C. The number of rotatable bonds is 2. The van der Waals surface area contributed by atoms with Crippen molar-refractivity contribution < 1.29 is 9.15 Å². The molecular weight excluding hydrogens is 295 g/mol. The van der Waals surface area contributed by atoms with Gasteiger partial charge in [0.1, 0.15) is 11.5 Å². The van der Waals surface area contributed by atoms with E-state index in [1.54, 1.807) is 13.0 Å². The Morgan fingerprint density at radius 1 is 1.64 bits per heavy atom. The van der Waals surface area contributed by atoms with Crippen LogP contribution >= 0.6 is 22.6 Å². The highest BCUT2D eigenvalue weighted by Crippen LogP contribution is 2.21. The van der Waals surface area contributed by atoms with Crippen molar-refractivity contribution >= 4 is 28.2 Å². The van der Waals surface area contributed by atoms with Gasteiger partial charge in [0, 0.05) is 6.07 Å². The summed E-state index contributed by atoms with van der Waals surface area (Å²) in [4.78, 5) is 11.4. The molecule has 0 unspecified atom stereocenters. The fraction of sp³-hybridized carbons (Fsp3) is 0.300. The second-order valence-corrected chi connectivity index (χ2v) is 3.51. The first kappa shape index (κ1) is 11.3. The lowest BCUT2D eigenvalue weighted by atomic mass is 10.2. The number of hydrogen-bond donors (Lipinski definition) is 0. The van der Waals surface area contributed by atoms with Gasteiger partial charge in [0.25, 0.3) is 0 Å². The zero-order valence-electron chi connectivity index (χ0n) is 8.26. The first-order chi connectivity index (χ1) is 6.60. The van der Waals surface area contributed by atoms with Crippen molar-refractivity contribution in [3.8, 4) is 5.75 Å². The van der Waals surface area contributed by atoms with Crippen LogP contribution in [-0.4, -0.2) is 7.11 Å². The Bertz CT molecular complexity index is 418. The Labute approximate surface area is 95.9 Å². The maximum Gasteiger partial charge on any atom is 0.342 e. The van der Waals surface area contributed by atoms with E-state index < -0.39 is 0 Å². The molecule has 0 N–H and O–H groups in total. The molecule has 1 aromatic heterocycles. The van der Waals surface area contributed by atoms with Crippen molar-refractivity contribution in [2.45, 2.75) is 13.8 Å². The highest BCUT2D eigenvalue weighted by Gasteiger charge is 2.08. The van der Waals surface area contributed by atoms with Crippen molar-refractivity contribution in [2.24, 2.45) is 0 Å². The van der Waals surface area contributed by atoms with Gasteiger partial charge >= 0.3 is 5.63 Å². The molecule has 0 aliphatic heterocycles. The molecule has 0 saturated heterocycles. The zero-order chi connectivity index (χ0) is 10.7. The van der Waals surface area contributed by atoms with Gasteiger partial charge in [0.15, 0.2) is 0 Å². The lowest BCUT2D eigenvalue weighted by Crippen LogP contribution is -2.06. The van der Waals surface area contributed by atoms with Gasteiger partial charge in [-0.1, -0.05) is 22.6 Å². The van der Waals surface area contributed by atoms with Crippen LogP contribution in [0.2, 0.25) is 0 Å². The summed E-state index contributed by atoms with van der Waals surface area (Å²) in [5.41, 5.74) is 1.05. The average molecular weight is 306 g/mol. The topological polar surface area (TPSA) is 39.4 Å². The predicted molar refractivity (Wildman–Crippen MR) is 63.9 cm³/mol. The summed E-state index contributed by atoms with van der Waals surface area (Å²) in [5, 5.41) is 0. The largest absolute Gasteiger partial charge is 0.496 e. The van der Waals surface area contributed by atoms with Gasteiger partial charge in [-0.15, -0.1) is 0 Å². The van der Waals surface area contributed by atoms with E-state index in [0.717, 1.165) is 5.57 Å². The van der Waals surface area contributed by atoms with Gasteiger partial charge in [-0.05, 0) is 23.5 Å². The quantitative estimate of drug-likeness (QED) is 0.789. The van der Waals surface area contributed by atoms with Crippen LogP contribution in [0.5, 0.6) is 5.75 Å². The van der Waals surface area contributed by atoms with E-state index in [-0.39, 0.29) is 5.63 Å². The lowest BCUT2D eigenvalue weighted by Gasteiger charge is -2.05. The molecular formula is C10H11IO3. The van der Waals surface area contributed by atoms with E-state index in [4.69, 9.17) is 9.15 Å². The van der Waals surface area contributed by atoms with Crippen LogP contribution in [0.15, 0.2) is 19.4 Å². The number of allylic oxidation sites excluding steroid dienone is 1. The molecule has 0 amide bonds. The van der Waals surface area contributed by atoms with E-state index in [1.807, 2.05) is 11.0 Å². The summed E-state index contributed by atoms with van der Waals surface area (Å²) < 4.78 is 12.0. The molecule has 1 heterocycles. The van der Waals surface area contributed by atoms with Gasteiger partial charge in [-0.25, -0.2) is 4.79 Å². The van der Waals surface area contributed by atoms with Crippen molar-refractivity contribution in [1.82, 2.24) is 0 Å². The Kier molecular flexibility index (Phi) is 3.74. The van der Waals surface area contributed by atoms with Crippen molar-refractivity contribution in [2.75, 3.05) is 7.11 Å². The first-order valence-corrected chi connectivity index (χ1v) is 5.30. The third-order valence-corrected chi connectivity index (χ3v) is 2.85. The van der Waals surface area contributed by atoms with E-state index in [1.165, 1.54) is 7.11 Å². The molecule has 14 heavy (non-hydrogen) atoms. The molecule has 0 bridgehead atoms. The molecule has 4 heteroatoms. The summed E-state index contributed by atoms with van der Waals surface area (Å²) in [6.45, 7) is 3.55. The summed E-state index contributed by atoms with van der Waals surface area (Å²) in [6.07, 6.45) is 0. The minimum Gasteiger partial charge on any atom is -0.496 e. The molecule has 0 saturated carbocycles. The molecule has 1 rings (SSSR count). The molecule has 3 nitrogen and oxygen atoms in total. The molecule has 0 aliphatic carbocycles. The van der Waals surface area contributed by atoms with Crippen molar-refractivity contribution in [1.29, 1.82) is 0 Å². The Morgan fingerprint density at radius 2 is 2.29 bits per heavy atom. The molecule has 1 aromatic rings. The monoisotopic (exact) mass is 306 g/mol. The number of halogens is 1. The fourth-order valence-corrected chi connectivity index (χ4v) is 1.30. The fourth-order valence-electron chi connectivity index (χ4n) is 0.994. The molecule has 0 radical (unpaired) electrons. The standard InChI is InChI=1S/C10H11IO3/c1-6(5-11)8-4-9(13-3)7(2)10(12)14-8/h4-5H,1-3H3/b6-5+.